The first-order valence-electron chi connectivity index (χ1n) is 10.9. The number of nitrogens with one attached hydrogen (secondary N) is 1. The molecule has 17 heteroatoms. The van der Waals surface area contributed by atoms with E-state index in [9.17, 15) is 29.4 Å². The van der Waals surface area contributed by atoms with Crippen LogP contribution in [-0.4, -0.2) is 101 Å². The summed E-state index contributed by atoms with van der Waals surface area (Å²) in [5, 5.41) is 32.6. The van der Waals surface area contributed by atoms with Gasteiger partial charge in [-0.2, -0.15) is 9.97 Å². The SMILES string of the molecule is CCOC(=O)C(OC[C@H]1C[C@@H](n2nnc3c(N[C@H]4CCOC4)nc(Cl)nc32)[C@H](O)[C@@H]1O)P(=O)(O)O. The van der Waals surface area contributed by atoms with Crippen LogP contribution in [0.4, 0.5) is 5.82 Å². The lowest BCUT2D eigenvalue weighted by Crippen LogP contribution is -2.33. The monoisotopic (exact) mass is 536 g/mol. The van der Waals surface area contributed by atoms with Gasteiger partial charge in [-0.05, 0) is 31.4 Å². The number of carbonyl (C=O) groups is 1. The van der Waals surface area contributed by atoms with Crippen molar-refractivity contribution in [3.05, 3.63) is 5.28 Å². The molecular weight excluding hydrogens is 511 g/mol. The normalized spacial score (nSPS) is 27.9. The number of aliphatic hydroxyl groups is 2. The highest BCUT2D eigenvalue weighted by atomic mass is 35.5. The largest absolute Gasteiger partial charge is 0.464 e. The summed E-state index contributed by atoms with van der Waals surface area (Å²) < 4.78 is 28.2. The van der Waals surface area contributed by atoms with Gasteiger partial charge in [0.25, 0.3) is 5.85 Å². The molecule has 0 bridgehead atoms. The van der Waals surface area contributed by atoms with E-state index in [2.05, 4.69) is 30.3 Å². The number of ether oxygens (including phenoxy) is 3. The molecule has 194 valence electrons. The Morgan fingerprint density at radius 3 is 2.77 bits per heavy atom. The van der Waals surface area contributed by atoms with Gasteiger partial charge < -0.3 is 39.5 Å². The van der Waals surface area contributed by atoms with Crippen LogP contribution in [0.2, 0.25) is 5.28 Å². The Kier molecular flexibility index (Phi) is 7.88. The molecule has 0 radical (unpaired) electrons. The number of halogens is 1. The molecule has 1 saturated carbocycles. The molecule has 0 amide bonds. The van der Waals surface area contributed by atoms with Crippen LogP contribution in [0.3, 0.4) is 0 Å². The van der Waals surface area contributed by atoms with Gasteiger partial charge in [-0.15, -0.1) is 5.10 Å². The number of anilines is 1. The van der Waals surface area contributed by atoms with Crippen LogP contribution in [-0.2, 0) is 23.6 Å². The summed E-state index contributed by atoms with van der Waals surface area (Å²) in [5.41, 5.74) is 0.537. The van der Waals surface area contributed by atoms with E-state index in [1.54, 1.807) is 0 Å². The molecule has 1 aliphatic carbocycles. The summed E-state index contributed by atoms with van der Waals surface area (Å²) in [6, 6.07) is -0.801. The van der Waals surface area contributed by atoms with Gasteiger partial charge in [0.1, 0.15) is 6.10 Å². The Labute approximate surface area is 203 Å². The van der Waals surface area contributed by atoms with Gasteiger partial charge in [-0.25, -0.2) is 9.48 Å². The fourth-order valence-electron chi connectivity index (χ4n) is 4.21. The highest BCUT2D eigenvalue weighted by Crippen LogP contribution is 2.44. The first kappa shape index (κ1) is 26.1. The van der Waals surface area contributed by atoms with Crippen molar-refractivity contribution in [1.29, 1.82) is 0 Å². The van der Waals surface area contributed by atoms with Crippen LogP contribution < -0.4 is 5.32 Å². The Bertz CT molecular complexity index is 1110. The molecule has 1 aliphatic heterocycles. The zero-order chi connectivity index (χ0) is 25.3. The van der Waals surface area contributed by atoms with Crippen molar-refractivity contribution in [3.8, 4) is 0 Å². The predicted molar refractivity (Wildman–Crippen MR) is 119 cm³/mol. The second-order valence-electron chi connectivity index (χ2n) is 8.32. The number of nitrogens with zero attached hydrogens (tertiary/aromatic N) is 5. The van der Waals surface area contributed by atoms with E-state index in [4.69, 9.17) is 21.1 Å². The van der Waals surface area contributed by atoms with Crippen molar-refractivity contribution in [3.63, 3.8) is 0 Å². The summed E-state index contributed by atoms with van der Waals surface area (Å²) in [6.45, 7) is 2.06. The molecule has 0 spiro atoms. The second-order valence-corrected chi connectivity index (χ2v) is 10.3. The number of aliphatic hydroxyl groups excluding tert-OH is 2. The van der Waals surface area contributed by atoms with E-state index < -0.39 is 50.2 Å². The molecule has 6 atom stereocenters. The zero-order valence-corrected chi connectivity index (χ0v) is 20.2. The van der Waals surface area contributed by atoms with Crippen LogP contribution in [0.5, 0.6) is 0 Å². The zero-order valence-electron chi connectivity index (χ0n) is 18.6. The third-order valence-corrected chi connectivity index (χ3v) is 7.05. The first-order chi connectivity index (χ1) is 16.6. The third kappa shape index (κ3) is 5.57. The molecule has 2 aliphatic rings. The topological polar surface area (TPSA) is 211 Å². The summed E-state index contributed by atoms with van der Waals surface area (Å²) in [6.07, 6.45) is -1.82. The van der Waals surface area contributed by atoms with E-state index in [1.165, 1.54) is 11.6 Å². The highest BCUT2D eigenvalue weighted by molar-refractivity contribution is 7.53. The number of fused-ring (bicyclic) bond motifs is 1. The van der Waals surface area contributed by atoms with Gasteiger partial charge >= 0.3 is 13.6 Å². The van der Waals surface area contributed by atoms with Gasteiger partial charge in [0, 0.05) is 12.5 Å². The van der Waals surface area contributed by atoms with E-state index in [-0.39, 0.29) is 30.0 Å². The number of esters is 1. The number of carbonyl (C=O) groups excluding carboxylic acids is 1. The minimum absolute atomic E-state index is 0.0103. The molecule has 2 aromatic rings. The van der Waals surface area contributed by atoms with Crippen molar-refractivity contribution in [1.82, 2.24) is 25.0 Å². The Balaban J connectivity index is 1.53. The standard InChI is InChI=1S/C18H26ClN6O9P/c1-2-33-16(28)17(35(29,30)31)34-6-8-5-10(13(27)12(8)26)25-15-11(23-24-25)14(21-18(19)22-15)20-9-3-4-32-7-9/h8-10,12-13,17,26-27H,2-7H2,1H3,(H,20,21,22)(H2,29,30,31)/t8-,9+,10-,12-,13+,17?/m1/s1. The van der Waals surface area contributed by atoms with E-state index in [0.29, 0.717) is 24.5 Å². The smallest absolute Gasteiger partial charge is 0.365 e. The molecule has 1 saturated heterocycles. The molecule has 5 N–H and O–H groups in total. The van der Waals surface area contributed by atoms with Crippen LogP contribution in [0.15, 0.2) is 0 Å². The van der Waals surface area contributed by atoms with Crippen LogP contribution >= 0.6 is 19.2 Å². The molecular formula is C18H26ClN6O9P. The van der Waals surface area contributed by atoms with E-state index in [0.717, 1.165) is 6.42 Å². The molecule has 15 nitrogen and oxygen atoms in total. The van der Waals surface area contributed by atoms with Crippen LogP contribution in [0.25, 0.3) is 11.2 Å². The maximum absolute atomic E-state index is 11.9. The summed E-state index contributed by atoms with van der Waals surface area (Å²) in [7, 11) is -4.99. The summed E-state index contributed by atoms with van der Waals surface area (Å²) >= 11 is 6.11. The van der Waals surface area contributed by atoms with Gasteiger partial charge in [0.15, 0.2) is 17.0 Å². The van der Waals surface area contributed by atoms with Crippen molar-refractivity contribution in [2.45, 2.75) is 49.9 Å². The van der Waals surface area contributed by atoms with Gasteiger partial charge in [-0.1, -0.05) is 5.21 Å². The summed E-state index contributed by atoms with van der Waals surface area (Å²) in [4.78, 5) is 39.2. The molecule has 2 aromatic heterocycles. The highest BCUT2D eigenvalue weighted by Gasteiger charge is 2.46. The number of rotatable bonds is 9. The lowest BCUT2D eigenvalue weighted by atomic mass is 10.1. The average molecular weight is 537 g/mol. The lowest BCUT2D eigenvalue weighted by molar-refractivity contribution is -0.153. The minimum atomic E-state index is -4.99. The van der Waals surface area contributed by atoms with Crippen molar-refractivity contribution >= 4 is 42.1 Å². The van der Waals surface area contributed by atoms with E-state index in [1.807, 2.05) is 0 Å². The van der Waals surface area contributed by atoms with Gasteiger partial charge in [0.2, 0.25) is 5.28 Å². The van der Waals surface area contributed by atoms with Crippen molar-refractivity contribution < 1.29 is 43.6 Å². The molecule has 3 heterocycles. The maximum Gasteiger partial charge on any atom is 0.365 e. The second kappa shape index (κ2) is 10.6. The predicted octanol–water partition coefficient (Wildman–Crippen LogP) is -0.558. The Morgan fingerprint density at radius 1 is 1.34 bits per heavy atom. The molecule has 0 aromatic carbocycles. The Morgan fingerprint density at radius 2 is 2.11 bits per heavy atom. The summed E-state index contributed by atoms with van der Waals surface area (Å²) in [5.74, 6) is -3.79. The average Bonchev–Trinajstić information content (AvgIpc) is 3.49. The Hall–Kier alpha value is -1.97. The molecule has 1 unspecified atom stereocenters. The maximum atomic E-state index is 11.9. The minimum Gasteiger partial charge on any atom is -0.464 e. The van der Waals surface area contributed by atoms with Crippen LogP contribution in [0, 0.1) is 5.92 Å². The van der Waals surface area contributed by atoms with Gasteiger partial charge in [0.05, 0.1) is 38.0 Å². The fourth-order valence-corrected chi connectivity index (χ4v) is 5.00. The van der Waals surface area contributed by atoms with Crippen molar-refractivity contribution in [2.75, 3.05) is 31.7 Å². The fraction of sp³-hybridized carbons (Fsp3) is 0.722. The van der Waals surface area contributed by atoms with Crippen molar-refractivity contribution in [2.24, 2.45) is 5.92 Å². The first-order valence-corrected chi connectivity index (χ1v) is 13.0. The van der Waals surface area contributed by atoms with Gasteiger partial charge in [-0.3, -0.25) is 4.57 Å². The lowest BCUT2D eigenvalue weighted by Gasteiger charge is -2.21. The van der Waals surface area contributed by atoms with E-state index >= 15 is 0 Å². The molecule has 4 rings (SSSR count). The number of hydrogen-bond donors (Lipinski definition) is 5. The molecule has 2 fully saturated rings. The van der Waals surface area contributed by atoms with Crippen LogP contribution in [0.1, 0.15) is 25.8 Å². The third-order valence-electron chi connectivity index (χ3n) is 5.91. The number of aromatic nitrogens is 5. The molecule has 35 heavy (non-hydrogen) atoms. The quantitative estimate of drug-likeness (QED) is 0.154. The number of hydrogen-bond acceptors (Lipinski definition) is 12.